The van der Waals surface area contributed by atoms with Crippen LogP contribution in [-0.4, -0.2) is 17.5 Å². The van der Waals surface area contributed by atoms with Gasteiger partial charge in [0.05, 0.1) is 0 Å². The molecule has 0 spiro atoms. The molecule has 0 unspecified atom stereocenters. The molecule has 0 fully saturated rings. The highest BCUT2D eigenvalue weighted by molar-refractivity contribution is 6.34. The second-order valence-electron chi connectivity index (χ2n) is 3.25. The molecular formula is C8H15N3O2. The van der Waals surface area contributed by atoms with Crippen molar-refractivity contribution in [3.8, 4) is 0 Å². The van der Waals surface area contributed by atoms with Crippen LogP contribution in [0.1, 0.15) is 27.2 Å². The SMILES string of the molecule is CC(CC(C)C)=NNC(=O)C(N)=O. The maximum atomic E-state index is 10.6. The smallest absolute Gasteiger partial charge is 0.329 e. The van der Waals surface area contributed by atoms with E-state index in [1.807, 2.05) is 13.8 Å². The molecule has 0 aliphatic heterocycles. The van der Waals surface area contributed by atoms with E-state index in [1.165, 1.54) is 0 Å². The molecule has 0 bridgehead atoms. The van der Waals surface area contributed by atoms with Crippen LogP contribution in [0.3, 0.4) is 0 Å². The van der Waals surface area contributed by atoms with Gasteiger partial charge in [-0.2, -0.15) is 5.10 Å². The standard InChI is InChI=1S/C8H15N3O2/c1-5(2)4-6(3)10-11-8(13)7(9)12/h5H,4H2,1-3H3,(H2,9,12)(H,11,13). The Bertz CT molecular complexity index is 234. The van der Waals surface area contributed by atoms with Gasteiger partial charge in [0.15, 0.2) is 0 Å². The normalized spacial score (nSPS) is 11.5. The van der Waals surface area contributed by atoms with Crippen LogP contribution in [0.2, 0.25) is 0 Å². The van der Waals surface area contributed by atoms with E-state index in [9.17, 15) is 9.59 Å². The lowest BCUT2D eigenvalue weighted by atomic mass is 10.1. The first-order chi connectivity index (χ1) is 5.93. The van der Waals surface area contributed by atoms with E-state index in [0.29, 0.717) is 5.92 Å². The summed E-state index contributed by atoms with van der Waals surface area (Å²) in [5.74, 6) is -1.45. The van der Waals surface area contributed by atoms with Gasteiger partial charge in [-0.05, 0) is 19.3 Å². The fourth-order valence-electron chi connectivity index (χ4n) is 0.838. The van der Waals surface area contributed by atoms with Crippen molar-refractivity contribution >= 4 is 17.5 Å². The van der Waals surface area contributed by atoms with Gasteiger partial charge in [0, 0.05) is 5.71 Å². The van der Waals surface area contributed by atoms with Crippen LogP contribution in [0.5, 0.6) is 0 Å². The Labute approximate surface area is 77.4 Å². The third-order valence-corrected chi connectivity index (χ3v) is 1.28. The van der Waals surface area contributed by atoms with Gasteiger partial charge < -0.3 is 5.73 Å². The Kier molecular flexibility index (Phi) is 4.72. The van der Waals surface area contributed by atoms with Crippen molar-refractivity contribution < 1.29 is 9.59 Å². The van der Waals surface area contributed by atoms with E-state index in [4.69, 9.17) is 5.73 Å². The van der Waals surface area contributed by atoms with Crippen molar-refractivity contribution in [3.05, 3.63) is 0 Å². The highest BCUT2D eigenvalue weighted by atomic mass is 16.2. The van der Waals surface area contributed by atoms with Gasteiger partial charge in [-0.25, -0.2) is 5.43 Å². The largest absolute Gasteiger partial charge is 0.361 e. The molecule has 0 aromatic rings. The lowest BCUT2D eigenvalue weighted by Gasteiger charge is -2.03. The summed E-state index contributed by atoms with van der Waals surface area (Å²) in [5.41, 5.74) is 7.53. The third-order valence-electron chi connectivity index (χ3n) is 1.28. The topological polar surface area (TPSA) is 84.6 Å². The molecular weight excluding hydrogens is 170 g/mol. The van der Waals surface area contributed by atoms with Gasteiger partial charge >= 0.3 is 11.8 Å². The van der Waals surface area contributed by atoms with Gasteiger partial charge in [0.2, 0.25) is 0 Å². The number of hydrazone groups is 1. The lowest BCUT2D eigenvalue weighted by molar-refractivity contribution is -0.137. The maximum absolute atomic E-state index is 10.6. The summed E-state index contributed by atoms with van der Waals surface area (Å²) < 4.78 is 0. The fraction of sp³-hybridized carbons (Fsp3) is 0.625. The van der Waals surface area contributed by atoms with Crippen molar-refractivity contribution in [2.45, 2.75) is 27.2 Å². The molecule has 5 nitrogen and oxygen atoms in total. The van der Waals surface area contributed by atoms with Crippen LogP contribution in [-0.2, 0) is 9.59 Å². The molecule has 0 rings (SSSR count). The molecule has 0 saturated heterocycles. The predicted octanol–water partition coefficient (Wildman–Crippen LogP) is 0.00990. The summed E-state index contributed by atoms with van der Waals surface area (Å²) in [7, 11) is 0. The van der Waals surface area contributed by atoms with E-state index < -0.39 is 11.8 Å². The summed E-state index contributed by atoms with van der Waals surface area (Å²) in [5, 5.41) is 3.70. The third kappa shape index (κ3) is 5.84. The zero-order chi connectivity index (χ0) is 10.4. The fourth-order valence-corrected chi connectivity index (χ4v) is 0.838. The number of hydrogen-bond donors (Lipinski definition) is 2. The van der Waals surface area contributed by atoms with Gasteiger partial charge in [-0.1, -0.05) is 13.8 Å². The van der Waals surface area contributed by atoms with Gasteiger partial charge in [0.25, 0.3) is 0 Å². The Morgan fingerprint density at radius 1 is 1.46 bits per heavy atom. The molecule has 0 heterocycles. The first-order valence-corrected chi connectivity index (χ1v) is 4.06. The second kappa shape index (κ2) is 5.29. The van der Waals surface area contributed by atoms with Gasteiger partial charge in [0.1, 0.15) is 0 Å². The van der Waals surface area contributed by atoms with Gasteiger partial charge in [-0.15, -0.1) is 0 Å². The minimum Gasteiger partial charge on any atom is -0.361 e. The molecule has 0 radical (unpaired) electrons. The van der Waals surface area contributed by atoms with Crippen molar-refractivity contribution in [2.75, 3.05) is 0 Å². The summed E-state index contributed by atoms with van der Waals surface area (Å²) in [6.45, 7) is 5.85. The number of hydrogen-bond acceptors (Lipinski definition) is 3. The molecule has 0 atom stereocenters. The number of nitrogens with two attached hydrogens (primary N) is 1. The van der Waals surface area contributed by atoms with Crippen molar-refractivity contribution in [2.24, 2.45) is 16.8 Å². The molecule has 0 aromatic heterocycles. The van der Waals surface area contributed by atoms with E-state index in [-0.39, 0.29) is 0 Å². The van der Waals surface area contributed by atoms with E-state index >= 15 is 0 Å². The number of nitrogens with zero attached hydrogens (tertiary/aromatic N) is 1. The highest BCUT2D eigenvalue weighted by Crippen LogP contribution is 1.99. The van der Waals surface area contributed by atoms with E-state index in [2.05, 4.69) is 10.5 Å². The number of rotatable bonds is 3. The molecule has 74 valence electrons. The maximum Gasteiger partial charge on any atom is 0.329 e. The minimum absolute atomic E-state index is 0.467. The molecule has 3 N–H and O–H groups in total. The molecule has 0 aromatic carbocycles. The summed E-state index contributed by atoms with van der Waals surface area (Å²) in [6, 6.07) is 0. The van der Waals surface area contributed by atoms with E-state index in [0.717, 1.165) is 12.1 Å². The minimum atomic E-state index is -1.03. The summed E-state index contributed by atoms with van der Waals surface area (Å²) in [6.07, 6.45) is 0.777. The molecule has 0 saturated carbocycles. The average Bonchev–Trinajstić information content (AvgIpc) is 1.98. The molecule has 5 heteroatoms. The van der Waals surface area contributed by atoms with Crippen LogP contribution in [0, 0.1) is 5.92 Å². The second-order valence-corrected chi connectivity index (χ2v) is 3.25. The van der Waals surface area contributed by atoms with Crippen LogP contribution in [0.15, 0.2) is 5.10 Å². The number of nitrogens with one attached hydrogen (secondary N) is 1. The number of primary amides is 1. The average molecular weight is 185 g/mol. The molecule has 0 aliphatic rings. The number of carbonyl (C=O) groups excluding carboxylic acids is 2. The Balaban J connectivity index is 3.97. The van der Waals surface area contributed by atoms with Crippen LogP contribution >= 0.6 is 0 Å². The Hall–Kier alpha value is -1.39. The van der Waals surface area contributed by atoms with Crippen LogP contribution in [0.25, 0.3) is 0 Å². The Morgan fingerprint density at radius 2 is 2.00 bits per heavy atom. The quantitative estimate of drug-likeness (QED) is 0.369. The van der Waals surface area contributed by atoms with Crippen LogP contribution < -0.4 is 11.2 Å². The van der Waals surface area contributed by atoms with Crippen LogP contribution in [0.4, 0.5) is 0 Å². The van der Waals surface area contributed by atoms with Crippen molar-refractivity contribution in [1.29, 1.82) is 0 Å². The zero-order valence-electron chi connectivity index (χ0n) is 8.13. The number of amides is 2. The zero-order valence-corrected chi connectivity index (χ0v) is 8.13. The first-order valence-electron chi connectivity index (χ1n) is 4.06. The highest BCUT2D eigenvalue weighted by Gasteiger charge is 2.06. The number of carbonyl (C=O) groups is 2. The Morgan fingerprint density at radius 3 is 2.38 bits per heavy atom. The first kappa shape index (κ1) is 11.6. The van der Waals surface area contributed by atoms with Gasteiger partial charge in [-0.3, -0.25) is 9.59 Å². The molecule has 13 heavy (non-hydrogen) atoms. The van der Waals surface area contributed by atoms with Crippen molar-refractivity contribution in [1.82, 2.24) is 5.43 Å². The predicted molar refractivity (Wildman–Crippen MR) is 49.9 cm³/mol. The molecule has 0 aliphatic carbocycles. The van der Waals surface area contributed by atoms with E-state index in [1.54, 1.807) is 6.92 Å². The monoisotopic (exact) mass is 185 g/mol. The van der Waals surface area contributed by atoms with Crippen molar-refractivity contribution in [3.63, 3.8) is 0 Å². The summed E-state index contributed by atoms with van der Waals surface area (Å²) in [4.78, 5) is 20.9. The summed E-state index contributed by atoms with van der Waals surface area (Å²) >= 11 is 0. The lowest BCUT2D eigenvalue weighted by Crippen LogP contribution is -2.33. The molecule has 2 amide bonds.